The third kappa shape index (κ3) is 2.87. The Morgan fingerprint density at radius 3 is 2.65 bits per heavy atom. The molecule has 0 fully saturated rings. The van der Waals surface area contributed by atoms with Gasteiger partial charge in [-0.15, -0.1) is 10.2 Å². The van der Waals surface area contributed by atoms with E-state index in [1.807, 2.05) is 13.0 Å². The molecule has 20 heavy (non-hydrogen) atoms. The molecule has 0 radical (unpaired) electrons. The lowest BCUT2D eigenvalue weighted by Gasteiger charge is -2.18. The molecule has 2 rings (SSSR count). The van der Waals surface area contributed by atoms with Crippen molar-refractivity contribution in [2.75, 3.05) is 11.9 Å². The van der Waals surface area contributed by atoms with Crippen LogP contribution in [0.4, 0.5) is 5.13 Å². The van der Waals surface area contributed by atoms with Crippen LogP contribution in [0.25, 0.3) is 10.6 Å². The molecule has 6 nitrogen and oxygen atoms in total. The van der Waals surface area contributed by atoms with Crippen LogP contribution in [0.15, 0.2) is 10.9 Å². The molecule has 0 aromatic carbocycles. The third-order valence-corrected chi connectivity index (χ3v) is 3.73. The molecule has 0 aliphatic heterocycles. The quantitative estimate of drug-likeness (QED) is 0.937. The second kappa shape index (κ2) is 5.32. The maximum Gasteiger partial charge on any atom is 0.276 e. The Hall–Kier alpha value is -1.76. The Morgan fingerprint density at radius 2 is 2.05 bits per heavy atom. The van der Waals surface area contributed by atoms with Gasteiger partial charge in [-0.1, -0.05) is 32.1 Å². The molecule has 0 saturated carbocycles. The molecule has 2 heterocycles. The van der Waals surface area contributed by atoms with Crippen molar-refractivity contribution in [2.45, 2.75) is 33.1 Å². The first kappa shape index (κ1) is 14.6. The fraction of sp³-hybridized carbons (Fsp3) is 0.538. The van der Waals surface area contributed by atoms with Crippen LogP contribution < -0.4 is 10.9 Å². The Kier molecular flexibility index (Phi) is 3.89. The zero-order valence-corrected chi connectivity index (χ0v) is 13.2. The summed E-state index contributed by atoms with van der Waals surface area (Å²) >= 11 is 1.38. The van der Waals surface area contributed by atoms with Crippen LogP contribution in [0.2, 0.25) is 0 Å². The molecule has 2 aromatic rings. The third-order valence-electron chi connectivity index (χ3n) is 2.81. The molecule has 0 aliphatic carbocycles. The van der Waals surface area contributed by atoms with Gasteiger partial charge < -0.3 is 5.32 Å². The molecule has 1 N–H and O–H groups in total. The van der Waals surface area contributed by atoms with Crippen molar-refractivity contribution < 1.29 is 0 Å². The first-order valence-corrected chi connectivity index (χ1v) is 7.31. The van der Waals surface area contributed by atoms with E-state index in [2.05, 4.69) is 41.4 Å². The normalized spacial score (nSPS) is 11.7. The summed E-state index contributed by atoms with van der Waals surface area (Å²) in [7, 11) is 1.66. The van der Waals surface area contributed by atoms with E-state index in [0.29, 0.717) is 10.6 Å². The van der Waals surface area contributed by atoms with E-state index in [0.717, 1.165) is 17.4 Å². The van der Waals surface area contributed by atoms with Gasteiger partial charge in [0.15, 0.2) is 5.01 Å². The lowest BCUT2D eigenvalue weighted by molar-refractivity contribution is 0.532. The monoisotopic (exact) mass is 293 g/mol. The minimum Gasteiger partial charge on any atom is -0.360 e. The fourth-order valence-corrected chi connectivity index (χ4v) is 2.50. The van der Waals surface area contributed by atoms with Crippen molar-refractivity contribution in [2.24, 2.45) is 7.05 Å². The SMILES string of the molecule is CCNc1nnc(-c2cc(C(C)(C)C)nn(C)c2=O)s1. The summed E-state index contributed by atoms with van der Waals surface area (Å²) in [5.41, 5.74) is 1.12. The Bertz CT molecular complexity index is 668. The van der Waals surface area contributed by atoms with Gasteiger partial charge in [-0.3, -0.25) is 4.79 Å². The lowest BCUT2D eigenvalue weighted by atomic mass is 9.91. The zero-order valence-electron chi connectivity index (χ0n) is 12.4. The summed E-state index contributed by atoms with van der Waals surface area (Å²) in [6, 6.07) is 1.82. The summed E-state index contributed by atoms with van der Waals surface area (Å²) in [6.45, 7) is 8.95. The maximum atomic E-state index is 12.2. The summed E-state index contributed by atoms with van der Waals surface area (Å²) in [4.78, 5) is 12.2. The van der Waals surface area contributed by atoms with Gasteiger partial charge in [-0.25, -0.2) is 4.68 Å². The number of nitrogens with zero attached hydrogens (tertiary/aromatic N) is 4. The molecule has 2 aromatic heterocycles. The van der Waals surface area contributed by atoms with Crippen LogP contribution in [0, 0.1) is 0 Å². The molecule has 108 valence electrons. The number of aryl methyl sites for hydroxylation is 1. The van der Waals surface area contributed by atoms with E-state index < -0.39 is 0 Å². The molecule has 0 spiro atoms. The Labute approximate surface area is 121 Å². The number of aromatic nitrogens is 4. The second-order valence-corrected chi connectivity index (χ2v) is 6.54. The second-order valence-electron chi connectivity index (χ2n) is 5.56. The van der Waals surface area contributed by atoms with Crippen LogP contribution in [-0.2, 0) is 12.5 Å². The van der Waals surface area contributed by atoms with Crippen molar-refractivity contribution in [3.8, 4) is 10.6 Å². The molecule has 0 atom stereocenters. The predicted molar refractivity (Wildman–Crippen MR) is 81.2 cm³/mol. The summed E-state index contributed by atoms with van der Waals surface area (Å²) in [6.07, 6.45) is 0. The van der Waals surface area contributed by atoms with E-state index >= 15 is 0 Å². The van der Waals surface area contributed by atoms with Gasteiger partial charge in [0.05, 0.1) is 11.3 Å². The van der Waals surface area contributed by atoms with Crippen LogP contribution in [-0.4, -0.2) is 26.5 Å². The van der Waals surface area contributed by atoms with Crippen LogP contribution in [0.5, 0.6) is 0 Å². The van der Waals surface area contributed by atoms with E-state index in [4.69, 9.17) is 0 Å². The van der Waals surface area contributed by atoms with Crippen LogP contribution >= 0.6 is 11.3 Å². The average molecular weight is 293 g/mol. The molecular formula is C13H19N5OS. The maximum absolute atomic E-state index is 12.2. The molecular weight excluding hydrogens is 274 g/mol. The molecule has 0 saturated heterocycles. The van der Waals surface area contributed by atoms with Crippen molar-refractivity contribution in [1.82, 2.24) is 20.0 Å². The van der Waals surface area contributed by atoms with Crippen LogP contribution in [0.3, 0.4) is 0 Å². The highest BCUT2D eigenvalue weighted by atomic mass is 32.1. The highest BCUT2D eigenvalue weighted by Crippen LogP contribution is 2.27. The van der Waals surface area contributed by atoms with Crippen molar-refractivity contribution >= 4 is 16.5 Å². The Balaban J connectivity index is 2.54. The highest BCUT2D eigenvalue weighted by molar-refractivity contribution is 7.18. The highest BCUT2D eigenvalue weighted by Gasteiger charge is 2.20. The van der Waals surface area contributed by atoms with Gasteiger partial charge in [0.2, 0.25) is 5.13 Å². The lowest BCUT2D eigenvalue weighted by Crippen LogP contribution is -2.26. The van der Waals surface area contributed by atoms with Crippen molar-refractivity contribution in [3.63, 3.8) is 0 Å². The number of hydrogen-bond donors (Lipinski definition) is 1. The summed E-state index contributed by atoms with van der Waals surface area (Å²) in [5, 5.41) is 16.9. The summed E-state index contributed by atoms with van der Waals surface area (Å²) in [5.74, 6) is 0. The molecule has 0 amide bonds. The van der Waals surface area contributed by atoms with Gasteiger partial charge in [0.25, 0.3) is 5.56 Å². The minimum atomic E-state index is -0.155. The molecule has 0 aliphatic rings. The Morgan fingerprint density at radius 1 is 1.35 bits per heavy atom. The first-order chi connectivity index (χ1) is 9.32. The number of hydrogen-bond acceptors (Lipinski definition) is 6. The summed E-state index contributed by atoms with van der Waals surface area (Å²) < 4.78 is 1.37. The van der Waals surface area contributed by atoms with E-state index in [1.165, 1.54) is 16.0 Å². The number of nitrogens with one attached hydrogen (secondary N) is 1. The minimum absolute atomic E-state index is 0.130. The van der Waals surface area contributed by atoms with Gasteiger partial charge in [-0.05, 0) is 13.0 Å². The molecule has 0 unspecified atom stereocenters. The van der Waals surface area contributed by atoms with Gasteiger partial charge in [0, 0.05) is 19.0 Å². The average Bonchev–Trinajstić information content (AvgIpc) is 2.80. The topological polar surface area (TPSA) is 72.7 Å². The first-order valence-electron chi connectivity index (χ1n) is 6.49. The van der Waals surface area contributed by atoms with Gasteiger partial charge in [0.1, 0.15) is 0 Å². The molecule has 7 heteroatoms. The number of anilines is 1. The van der Waals surface area contributed by atoms with E-state index in [9.17, 15) is 4.79 Å². The fourth-order valence-electron chi connectivity index (χ4n) is 1.68. The smallest absolute Gasteiger partial charge is 0.276 e. The van der Waals surface area contributed by atoms with Gasteiger partial charge in [-0.2, -0.15) is 5.10 Å². The van der Waals surface area contributed by atoms with Crippen molar-refractivity contribution in [1.29, 1.82) is 0 Å². The van der Waals surface area contributed by atoms with Gasteiger partial charge >= 0.3 is 0 Å². The standard InChI is InChI=1S/C13H19N5OS/c1-6-14-12-16-15-10(20-12)8-7-9(13(2,3)4)17-18(5)11(8)19/h7H,6H2,1-5H3,(H,14,16). The predicted octanol–water partition coefficient (Wildman–Crippen LogP) is 2.03. The van der Waals surface area contributed by atoms with Crippen LogP contribution in [0.1, 0.15) is 33.4 Å². The van der Waals surface area contributed by atoms with Crippen molar-refractivity contribution in [3.05, 3.63) is 22.1 Å². The largest absolute Gasteiger partial charge is 0.360 e. The molecule has 0 bridgehead atoms. The zero-order chi connectivity index (χ0) is 14.9. The van der Waals surface area contributed by atoms with E-state index in [-0.39, 0.29) is 11.0 Å². The number of rotatable bonds is 3. The van der Waals surface area contributed by atoms with E-state index in [1.54, 1.807) is 7.05 Å².